The molecule has 2 aliphatic rings. The van der Waals surface area contributed by atoms with Gasteiger partial charge in [-0.1, -0.05) is 6.92 Å². The molecule has 5 heteroatoms. The molecule has 1 amide bonds. The monoisotopic (exact) mass is 269 g/mol. The van der Waals surface area contributed by atoms with Crippen molar-refractivity contribution in [1.82, 2.24) is 4.90 Å². The zero-order valence-electron chi connectivity index (χ0n) is 11.7. The van der Waals surface area contributed by atoms with Crippen molar-refractivity contribution in [2.45, 2.75) is 39.2 Å². The Balaban J connectivity index is 1.97. The molecule has 1 N–H and O–H groups in total. The normalized spacial score (nSPS) is 35.7. The van der Waals surface area contributed by atoms with E-state index < -0.39 is 11.9 Å². The molecule has 2 aliphatic heterocycles. The third kappa shape index (κ3) is 3.08. The Bertz CT molecular complexity index is 351. The summed E-state index contributed by atoms with van der Waals surface area (Å²) < 4.78 is 5.33. The van der Waals surface area contributed by atoms with Crippen LogP contribution in [0.1, 0.15) is 33.1 Å². The van der Waals surface area contributed by atoms with E-state index in [4.69, 9.17) is 4.74 Å². The number of carbonyl (C=O) groups is 2. The van der Waals surface area contributed by atoms with Crippen LogP contribution in [0, 0.1) is 17.8 Å². The second-order valence-electron chi connectivity index (χ2n) is 5.89. The maximum absolute atomic E-state index is 12.1. The lowest BCUT2D eigenvalue weighted by Crippen LogP contribution is -2.53. The van der Waals surface area contributed by atoms with Gasteiger partial charge in [0, 0.05) is 32.2 Å². The van der Waals surface area contributed by atoms with E-state index in [1.165, 1.54) is 0 Å². The summed E-state index contributed by atoms with van der Waals surface area (Å²) in [7, 11) is 0. The van der Waals surface area contributed by atoms with Crippen LogP contribution in [0.4, 0.5) is 0 Å². The van der Waals surface area contributed by atoms with Crippen LogP contribution >= 0.6 is 0 Å². The number of hydrogen-bond donors (Lipinski definition) is 1. The van der Waals surface area contributed by atoms with E-state index in [1.807, 2.05) is 13.8 Å². The molecule has 4 atom stereocenters. The molecule has 0 radical (unpaired) electrons. The molecule has 108 valence electrons. The van der Waals surface area contributed by atoms with E-state index in [2.05, 4.69) is 0 Å². The standard InChI is InChI=1S/C14H23NO4/c1-9-7-12(16)15(10(2)13(9)14(17)18)5-3-11-4-6-19-8-11/h9-11,13H,3-8H2,1-2H3,(H,17,18). The summed E-state index contributed by atoms with van der Waals surface area (Å²) in [6.07, 6.45) is 2.31. The van der Waals surface area contributed by atoms with Crippen LogP contribution in [0.5, 0.6) is 0 Å². The van der Waals surface area contributed by atoms with Crippen molar-refractivity contribution in [2.24, 2.45) is 17.8 Å². The molecule has 0 aromatic heterocycles. The van der Waals surface area contributed by atoms with Gasteiger partial charge in [-0.25, -0.2) is 0 Å². The highest BCUT2D eigenvalue weighted by molar-refractivity contribution is 5.81. The molecule has 0 aliphatic carbocycles. The highest BCUT2D eigenvalue weighted by atomic mass is 16.5. The van der Waals surface area contributed by atoms with Gasteiger partial charge < -0.3 is 14.7 Å². The molecule has 0 saturated carbocycles. The number of carboxylic acids is 1. The van der Waals surface area contributed by atoms with E-state index in [0.29, 0.717) is 18.9 Å². The Hall–Kier alpha value is -1.10. The molecule has 19 heavy (non-hydrogen) atoms. The fourth-order valence-corrected chi connectivity index (χ4v) is 3.33. The maximum atomic E-state index is 12.1. The van der Waals surface area contributed by atoms with Crippen LogP contribution < -0.4 is 0 Å². The van der Waals surface area contributed by atoms with Gasteiger partial charge >= 0.3 is 5.97 Å². The molecule has 0 spiro atoms. The highest BCUT2D eigenvalue weighted by Crippen LogP contribution is 2.30. The number of ether oxygens (including phenoxy) is 1. The molecule has 2 heterocycles. The van der Waals surface area contributed by atoms with E-state index in [-0.39, 0.29) is 17.9 Å². The summed E-state index contributed by atoms with van der Waals surface area (Å²) in [4.78, 5) is 25.2. The molecule has 0 aromatic carbocycles. The van der Waals surface area contributed by atoms with Gasteiger partial charge in [0.15, 0.2) is 0 Å². The number of rotatable bonds is 4. The summed E-state index contributed by atoms with van der Waals surface area (Å²) in [6, 6.07) is -0.212. The Labute approximate surface area is 113 Å². The van der Waals surface area contributed by atoms with Crippen molar-refractivity contribution in [2.75, 3.05) is 19.8 Å². The lowest BCUT2D eigenvalue weighted by atomic mass is 9.81. The van der Waals surface area contributed by atoms with E-state index in [1.54, 1.807) is 4.90 Å². The van der Waals surface area contributed by atoms with Crippen molar-refractivity contribution < 1.29 is 19.4 Å². The predicted octanol–water partition coefficient (Wildman–Crippen LogP) is 1.37. The number of carboxylic acid groups (broad SMARTS) is 1. The van der Waals surface area contributed by atoms with Crippen LogP contribution in [0.25, 0.3) is 0 Å². The van der Waals surface area contributed by atoms with Gasteiger partial charge in [0.25, 0.3) is 0 Å². The lowest BCUT2D eigenvalue weighted by Gasteiger charge is -2.41. The minimum absolute atomic E-state index is 0.0777. The Kier molecular flexibility index (Phi) is 4.45. The van der Waals surface area contributed by atoms with Gasteiger partial charge in [0.1, 0.15) is 0 Å². The maximum Gasteiger partial charge on any atom is 0.308 e. The zero-order chi connectivity index (χ0) is 14.0. The largest absolute Gasteiger partial charge is 0.481 e. The Morgan fingerprint density at radius 3 is 2.79 bits per heavy atom. The van der Waals surface area contributed by atoms with Crippen LogP contribution in [0.2, 0.25) is 0 Å². The summed E-state index contributed by atoms with van der Waals surface area (Å²) in [6.45, 7) is 5.95. The number of hydrogen-bond acceptors (Lipinski definition) is 3. The number of aliphatic carboxylic acids is 1. The number of likely N-dealkylation sites (tertiary alicyclic amines) is 1. The van der Waals surface area contributed by atoms with E-state index in [0.717, 1.165) is 26.1 Å². The average molecular weight is 269 g/mol. The molecule has 2 fully saturated rings. The summed E-state index contributed by atoms with van der Waals surface area (Å²) >= 11 is 0. The van der Waals surface area contributed by atoms with Gasteiger partial charge in [-0.05, 0) is 31.6 Å². The van der Waals surface area contributed by atoms with Crippen LogP contribution in [0.3, 0.4) is 0 Å². The zero-order valence-corrected chi connectivity index (χ0v) is 11.7. The highest BCUT2D eigenvalue weighted by Gasteiger charge is 2.41. The van der Waals surface area contributed by atoms with E-state index >= 15 is 0 Å². The average Bonchev–Trinajstić information content (AvgIpc) is 2.80. The van der Waals surface area contributed by atoms with Crippen molar-refractivity contribution in [3.63, 3.8) is 0 Å². The minimum atomic E-state index is -0.790. The number of amides is 1. The molecule has 0 bridgehead atoms. The number of nitrogens with zero attached hydrogens (tertiary/aromatic N) is 1. The fraction of sp³-hybridized carbons (Fsp3) is 0.857. The van der Waals surface area contributed by atoms with Crippen LogP contribution in [-0.4, -0.2) is 47.7 Å². The molecule has 2 saturated heterocycles. The molecule has 0 aromatic rings. The summed E-state index contributed by atoms with van der Waals surface area (Å²) in [5.41, 5.74) is 0. The van der Waals surface area contributed by atoms with Crippen molar-refractivity contribution >= 4 is 11.9 Å². The molecular formula is C14H23NO4. The number of carbonyl (C=O) groups excluding carboxylic acids is 1. The molecule has 5 nitrogen and oxygen atoms in total. The van der Waals surface area contributed by atoms with Crippen molar-refractivity contribution in [1.29, 1.82) is 0 Å². The molecular weight excluding hydrogens is 246 g/mol. The van der Waals surface area contributed by atoms with Crippen molar-refractivity contribution in [3.05, 3.63) is 0 Å². The van der Waals surface area contributed by atoms with Gasteiger partial charge in [0.2, 0.25) is 5.91 Å². The lowest BCUT2D eigenvalue weighted by molar-refractivity contribution is -0.154. The summed E-state index contributed by atoms with van der Waals surface area (Å²) in [5.74, 6) is -0.704. The number of piperidine rings is 1. The van der Waals surface area contributed by atoms with Gasteiger partial charge in [-0.2, -0.15) is 0 Å². The summed E-state index contributed by atoms with van der Waals surface area (Å²) in [5, 5.41) is 9.30. The third-order valence-corrected chi connectivity index (χ3v) is 4.53. The third-order valence-electron chi connectivity index (χ3n) is 4.53. The quantitative estimate of drug-likeness (QED) is 0.837. The van der Waals surface area contributed by atoms with Gasteiger partial charge in [-0.15, -0.1) is 0 Å². The predicted molar refractivity (Wildman–Crippen MR) is 69.6 cm³/mol. The first-order valence-electron chi connectivity index (χ1n) is 7.10. The first kappa shape index (κ1) is 14.3. The SMILES string of the molecule is CC1CC(=O)N(CCC2CCOC2)C(C)C1C(=O)O. The fourth-order valence-electron chi connectivity index (χ4n) is 3.33. The van der Waals surface area contributed by atoms with Gasteiger partial charge in [-0.3, -0.25) is 9.59 Å². The second kappa shape index (κ2) is 5.90. The Morgan fingerprint density at radius 2 is 2.21 bits per heavy atom. The Morgan fingerprint density at radius 1 is 1.47 bits per heavy atom. The van der Waals surface area contributed by atoms with Crippen molar-refractivity contribution in [3.8, 4) is 0 Å². The minimum Gasteiger partial charge on any atom is -0.481 e. The molecule has 4 unspecified atom stereocenters. The second-order valence-corrected chi connectivity index (χ2v) is 5.89. The van der Waals surface area contributed by atoms with Crippen LogP contribution in [0.15, 0.2) is 0 Å². The smallest absolute Gasteiger partial charge is 0.308 e. The topological polar surface area (TPSA) is 66.8 Å². The first-order valence-corrected chi connectivity index (χ1v) is 7.10. The van der Waals surface area contributed by atoms with Crippen LogP contribution in [-0.2, 0) is 14.3 Å². The van der Waals surface area contributed by atoms with E-state index in [9.17, 15) is 14.7 Å². The molecule has 2 rings (SSSR count). The van der Waals surface area contributed by atoms with Gasteiger partial charge in [0.05, 0.1) is 5.92 Å². The first-order chi connectivity index (χ1) is 9.00.